The lowest BCUT2D eigenvalue weighted by atomic mass is 9.75. The Labute approximate surface area is 272 Å². The molecule has 0 aliphatic rings. The first-order valence-corrected chi connectivity index (χ1v) is 15.0. The van der Waals surface area contributed by atoms with Gasteiger partial charge in [0, 0.05) is 27.7 Å². The van der Waals surface area contributed by atoms with Crippen molar-refractivity contribution in [1.82, 2.24) is 0 Å². The van der Waals surface area contributed by atoms with E-state index in [0.29, 0.717) is 11.1 Å². The number of rotatable bonds is 14. The Morgan fingerprint density at radius 1 is 0.558 bits per heavy atom. The smallest absolute Gasteiger partial charge is 0.338 e. The summed E-state index contributed by atoms with van der Waals surface area (Å²) in [6.45, 7) is 21.6. The molecule has 0 heterocycles. The first kappa shape index (κ1) is 36.4. The molecular weight excluding hydrogens is 642 g/mol. The average Bonchev–Trinajstić information content (AvgIpc) is 2.93. The SMILES string of the molecule is C=C(C)C(=O)Oc1c(Cl)c(OCC)c(C(C)(C)c2c(OCC)c(Cl)c(OC(=O)C(=C)C)c(Cl)c2OCC)c(OCC)c1Cl. The van der Waals surface area contributed by atoms with E-state index in [0.717, 1.165) is 0 Å². The van der Waals surface area contributed by atoms with Gasteiger partial charge in [0.15, 0.2) is 11.5 Å². The predicted octanol–water partition coefficient (Wildman–Crippen LogP) is 9.18. The molecule has 2 aromatic carbocycles. The Morgan fingerprint density at radius 3 is 0.977 bits per heavy atom. The second kappa shape index (κ2) is 15.3. The normalized spacial score (nSPS) is 11.1. The van der Waals surface area contributed by atoms with Crippen LogP contribution in [0.25, 0.3) is 0 Å². The predicted molar refractivity (Wildman–Crippen MR) is 171 cm³/mol. The summed E-state index contributed by atoms with van der Waals surface area (Å²) >= 11 is 27.3. The van der Waals surface area contributed by atoms with Gasteiger partial charge in [-0.25, -0.2) is 9.59 Å². The molecule has 2 aromatic rings. The molecule has 0 spiro atoms. The van der Waals surface area contributed by atoms with Crippen molar-refractivity contribution in [3.05, 3.63) is 55.5 Å². The molecule has 0 amide bonds. The van der Waals surface area contributed by atoms with Crippen molar-refractivity contribution < 1.29 is 38.0 Å². The topological polar surface area (TPSA) is 89.5 Å². The summed E-state index contributed by atoms with van der Waals surface area (Å²) in [5.41, 5.74) is -0.207. The molecule has 2 rings (SSSR count). The molecule has 0 atom stereocenters. The number of benzene rings is 2. The van der Waals surface area contributed by atoms with Crippen molar-refractivity contribution in [3.63, 3.8) is 0 Å². The summed E-state index contributed by atoms with van der Waals surface area (Å²) in [4.78, 5) is 25.0. The van der Waals surface area contributed by atoms with Crippen LogP contribution in [0, 0.1) is 0 Å². The van der Waals surface area contributed by atoms with Crippen LogP contribution in [0.15, 0.2) is 24.3 Å². The Kier molecular flexibility index (Phi) is 12.9. The highest BCUT2D eigenvalue weighted by atomic mass is 35.5. The maximum absolute atomic E-state index is 12.5. The standard InChI is InChI=1S/C31H36Cl4O8/c1-11-38-23-17(24(39-12-2)20(33)27(19(23)32)42-29(36)15(5)6)31(9,10)18-25(40-13-3)21(34)28(43-30(37)16(7)8)22(35)26(18)41-14-4/h5,7,11-14H2,1-4,6,8-10H3. The van der Waals surface area contributed by atoms with Crippen LogP contribution in [0.3, 0.4) is 0 Å². The van der Waals surface area contributed by atoms with Crippen LogP contribution in [0.5, 0.6) is 34.5 Å². The van der Waals surface area contributed by atoms with E-state index in [-0.39, 0.29) is 92.2 Å². The van der Waals surface area contributed by atoms with Gasteiger partial charge >= 0.3 is 11.9 Å². The highest BCUT2D eigenvalue weighted by Gasteiger charge is 2.43. The molecule has 0 saturated carbocycles. The van der Waals surface area contributed by atoms with Crippen molar-refractivity contribution in [2.45, 2.75) is 60.8 Å². The summed E-state index contributed by atoms with van der Waals surface area (Å²) < 4.78 is 35.2. The Balaban J connectivity index is 3.17. The van der Waals surface area contributed by atoms with Crippen LogP contribution in [0.1, 0.15) is 66.5 Å². The fourth-order valence-electron chi connectivity index (χ4n) is 4.17. The zero-order valence-corrected chi connectivity index (χ0v) is 28.5. The van der Waals surface area contributed by atoms with Gasteiger partial charge in [0.2, 0.25) is 0 Å². The Bertz CT molecular complexity index is 1260. The summed E-state index contributed by atoms with van der Waals surface area (Å²) in [5, 5.41) is -0.303. The van der Waals surface area contributed by atoms with Gasteiger partial charge in [-0.2, -0.15) is 0 Å². The van der Waals surface area contributed by atoms with Crippen molar-refractivity contribution in [1.29, 1.82) is 0 Å². The molecule has 0 aliphatic carbocycles. The second-order valence-electron chi connectivity index (χ2n) is 9.68. The minimum atomic E-state index is -1.20. The third-order valence-electron chi connectivity index (χ3n) is 5.99. The molecule has 0 fully saturated rings. The Morgan fingerprint density at radius 2 is 0.791 bits per heavy atom. The monoisotopic (exact) mass is 676 g/mol. The number of hydrogen-bond acceptors (Lipinski definition) is 8. The number of ether oxygens (including phenoxy) is 6. The summed E-state index contributed by atoms with van der Waals surface area (Å²) in [5.74, 6) is -1.29. The lowest BCUT2D eigenvalue weighted by Crippen LogP contribution is -2.25. The lowest BCUT2D eigenvalue weighted by Gasteiger charge is -2.35. The molecular formula is C31H36Cl4O8. The van der Waals surface area contributed by atoms with Crippen LogP contribution in [-0.4, -0.2) is 38.4 Å². The molecule has 0 saturated heterocycles. The third-order valence-corrected chi connectivity index (χ3v) is 7.37. The minimum Gasteiger partial charge on any atom is -0.492 e. The van der Waals surface area contributed by atoms with E-state index in [1.54, 1.807) is 27.7 Å². The number of hydrogen-bond donors (Lipinski definition) is 0. The number of carbonyl (C=O) groups is 2. The van der Waals surface area contributed by atoms with E-state index < -0.39 is 17.4 Å². The van der Waals surface area contributed by atoms with E-state index in [4.69, 9.17) is 74.8 Å². The number of halogens is 4. The van der Waals surface area contributed by atoms with Gasteiger partial charge in [-0.15, -0.1) is 0 Å². The van der Waals surface area contributed by atoms with Crippen LogP contribution in [-0.2, 0) is 15.0 Å². The van der Waals surface area contributed by atoms with Crippen molar-refractivity contribution in [3.8, 4) is 34.5 Å². The van der Waals surface area contributed by atoms with E-state index in [1.165, 1.54) is 13.8 Å². The van der Waals surface area contributed by atoms with E-state index in [9.17, 15) is 9.59 Å². The molecule has 0 aromatic heterocycles. The Hall–Kier alpha value is -2.78. The van der Waals surface area contributed by atoms with Gasteiger partial charge in [-0.3, -0.25) is 0 Å². The first-order chi connectivity index (χ1) is 20.1. The summed E-state index contributed by atoms with van der Waals surface area (Å²) in [6, 6.07) is 0. The number of carbonyl (C=O) groups excluding carboxylic acids is 2. The lowest BCUT2D eigenvalue weighted by molar-refractivity contribution is -0.130. The summed E-state index contributed by atoms with van der Waals surface area (Å²) in [7, 11) is 0. The van der Waals surface area contributed by atoms with E-state index in [1.807, 2.05) is 13.8 Å². The van der Waals surface area contributed by atoms with Gasteiger partial charge in [-0.1, -0.05) is 73.4 Å². The fraction of sp³-hybridized carbons (Fsp3) is 0.419. The van der Waals surface area contributed by atoms with Gasteiger partial charge in [0.25, 0.3) is 0 Å². The molecule has 0 N–H and O–H groups in total. The first-order valence-electron chi connectivity index (χ1n) is 13.5. The van der Waals surface area contributed by atoms with Gasteiger partial charge < -0.3 is 28.4 Å². The van der Waals surface area contributed by atoms with E-state index in [2.05, 4.69) is 13.2 Å². The molecule has 8 nitrogen and oxygen atoms in total. The average molecular weight is 678 g/mol. The van der Waals surface area contributed by atoms with E-state index >= 15 is 0 Å². The number of esters is 2. The molecule has 43 heavy (non-hydrogen) atoms. The van der Waals surface area contributed by atoms with Crippen molar-refractivity contribution in [2.24, 2.45) is 0 Å². The van der Waals surface area contributed by atoms with Crippen LogP contribution in [0.4, 0.5) is 0 Å². The minimum absolute atomic E-state index is 0.0758. The largest absolute Gasteiger partial charge is 0.492 e. The zero-order chi connectivity index (χ0) is 32.8. The molecule has 0 aliphatic heterocycles. The quantitative estimate of drug-likeness (QED) is 0.111. The maximum atomic E-state index is 12.5. The maximum Gasteiger partial charge on any atom is 0.338 e. The third kappa shape index (κ3) is 7.48. The van der Waals surface area contributed by atoms with Gasteiger partial charge in [-0.05, 0) is 41.5 Å². The molecule has 236 valence electrons. The second-order valence-corrected chi connectivity index (χ2v) is 11.2. The van der Waals surface area contributed by atoms with Crippen LogP contribution < -0.4 is 28.4 Å². The highest BCUT2D eigenvalue weighted by Crippen LogP contribution is 2.60. The zero-order valence-electron chi connectivity index (χ0n) is 25.5. The van der Waals surface area contributed by atoms with Crippen molar-refractivity contribution in [2.75, 3.05) is 26.4 Å². The van der Waals surface area contributed by atoms with Gasteiger partial charge in [0.1, 0.15) is 43.1 Å². The van der Waals surface area contributed by atoms with Crippen LogP contribution >= 0.6 is 46.4 Å². The molecule has 0 unspecified atom stereocenters. The fourth-order valence-corrected chi connectivity index (χ4v) is 5.39. The van der Waals surface area contributed by atoms with Crippen molar-refractivity contribution >= 4 is 58.3 Å². The molecule has 0 radical (unpaired) electrons. The van der Waals surface area contributed by atoms with Gasteiger partial charge in [0.05, 0.1) is 26.4 Å². The summed E-state index contributed by atoms with van der Waals surface area (Å²) in [6.07, 6.45) is 0. The highest BCUT2D eigenvalue weighted by molar-refractivity contribution is 6.40. The molecule has 12 heteroatoms. The molecule has 0 bridgehead atoms. The van der Waals surface area contributed by atoms with Crippen LogP contribution in [0.2, 0.25) is 20.1 Å².